The average Bonchev–Trinajstić information content (AvgIpc) is 2.26. The van der Waals surface area contributed by atoms with Crippen molar-refractivity contribution in [2.45, 2.75) is 13.3 Å². The molecule has 1 rings (SSSR count). The molecule has 0 amide bonds. The van der Waals surface area contributed by atoms with Crippen LogP contribution in [0, 0.1) is 11.3 Å². The van der Waals surface area contributed by atoms with Crippen molar-refractivity contribution in [2.24, 2.45) is 0 Å². The quantitative estimate of drug-likeness (QED) is 0.519. The highest BCUT2D eigenvalue weighted by Gasteiger charge is 2.01. The van der Waals surface area contributed by atoms with Gasteiger partial charge in [0.05, 0.1) is 6.07 Å². The SMILES string of the molecule is C=CC/C(C#N)=C(\C)c1ccccc1. The molecule has 0 unspecified atom stereocenters. The maximum absolute atomic E-state index is 8.93. The largest absolute Gasteiger partial charge is 0.193 e. The van der Waals surface area contributed by atoms with Crippen LogP contribution in [0.4, 0.5) is 0 Å². The summed E-state index contributed by atoms with van der Waals surface area (Å²) in [5.74, 6) is 0. The van der Waals surface area contributed by atoms with Crippen LogP contribution in [0.1, 0.15) is 18.9 Å². The van der Waals surface area contributed by atoms with Crippen LogP contribution in [0.5, 0.6) is 0 Å². The molecule has 70 valence electrons. The summed E-state index contributed by atoms with van der Waals surface area (Å²) in [7, 11) is 0. The van der Waals surface area contributed by atoms with Gasteiger partial charge in [0, 0.05) is 12.0 Å². The molecule has 0 aliphatic heterocycles. The molecule has 0 aliphatic rings. The van der Waals surface area contributed by atoms with Crippen molar-refractivity contribution in [1.29, 1.82) is 5.26 Å². The second-order valence-electron chi connectivity index (χ2n) is 3.07. The molecule has 0 spiro atoms. The van der Waals surface area contributed by atoms with Gasteiger partial charge in [-0.2, -0.15) is 5.26 Å². The monoisotopic (exact) mass is 183 g/mol. The van der Waals surface area contributed by atoms with Gasteiger partial charge in [-0.25, -0.2) is 0 Å². The second kappa shape index (κ2) is 5.04. The molecule has 0 saturated carbocycles. The highest BCUT2D eigenvalue weighted by atomic mass is 14.2. The molecular formula is C13H13N. The Morgan fingerprint density at radius 1 is 1.43 bits per heavy atom. The lowest BCUT2D eigenvalue weighted by atomic mass is 10.0. The number of rotatable bonds is 3. The third-order valence-electron chi connectivity index (χ3n) is 2.14. The van der Waals surface area contributed by atoms with Crippen molar-refractivity contribution in [3.63, 3.8) is 0 Å². The number of benzene rings is 1. The van der Waals surface area contributed by atoms with Crippen molar-refractivity contribution < 1.29 is 0 Å². The van der Waals surface area contributed by atoms with E-state index in [0.717, 1.165) is 16.7 Å². The fourth-order valence-corrected chi connectivity index (χ4v) is 1.29. The van der Waals surface area contributed by atoms with Crippen molar-refractivity contribution in [2.75, 3.05) is 0 Å². The van der Waals surface area contributed by atoms with E-state index in [2.05, 4.69) is 12.6 Å². The lowest BCUT2D eigenvalue weighted by molar-refractivity contribution is 1.28. The summed E-state index contributed by atoms with van der Waals surface area (Å²) in [5.41, 5.74) is 2.92. The predicted molar refractivity (Wildman–Crippen MR) is 59.5 cm³/mol. The first-order chi connectivity index (χ1) is 6.79. The zero-order valence-corrected chi connectivity index (χ0v) is 8.33. The summed E-state index contributed by atoms with van der Waals surface area (Å²) in [6.07, 6.45) is 2.39. The Bertz CT molecular complexity index is 379. The van der Waals surface area contributed by atoms with Crippen LogP contribution in [-0.4, -0.2) is 0 Å². The van der Waals surface area contributed by atoms with Crippen LogP contribution in [-0.2, 0) is 0 Å². The first kappa shape index (κ1) is 10.3. The molecular weight excluding hydrogens is 170 g/mol. The first-order valence-electron chi connectivity index (χ1n) is 4.55. The van der Waals surface area contributed by atoms with Gasteiger partial charge < -0.3 is 0 Å². The lowest BCUT2D eigenvalue weighted by Crippen LogP contribution is -1.85. The standard InChI is InChI=1S/C13H13N/c1-3-7-13(10-14)11(2)12-8-5-4-6-9-12/h3-6,8-9H,1,7H2,2H3/b13-11-. The van der Waals surface area contributed by atoms with E-state index in [1.807, 2.05) is 37.3 Å². The fourth-order valence-electron chi connectivity index (χ4n) is 1.29. The topological polar surface area (TPSA) is 23.8 Å². The highest BCUT2D eigenvalue weighted by Crippen LogP contribution is 2.19. The van der Waals surface area contributed by atoms with Crippen LogP contribution < -0.4 is 0 Å². The van der Waals surface area contributed by atoms with Crippen LogP contribution >= 0.6 is 0 Å². The van der Waals surface area contributed by atoms with Gasteiger partial charge >= 0.3 is 0 Å². The van der Waals surface area contributed by atoms with Crippen LogP contribution in [0.15, 0.2) is 48.6 Å². The normalized spacial score (nSPS) is 11.4. The molecule has 0 heterocycles. The Balaban J connectivity index is 3.09. The van der Waals surface area contributed by atoms with Gasteiger partial charge in [-0.1, -0.05) is 36.4 Å². The number of nitriles is 1. The lowest BCUT2D eigenvalue weighted by Gasteiger charge is -2.03. The van der Waals surface area contributed by atoms with Crippen molar-refractivity contribution in [3.05, 3.63) is 54.1 Å². The molecule has 0 fully saturated rings. The molecule has 0 radical (unpaired) electrons. The predicted octanol–water partition coefficient (Wildman–Crippen LogP) is 3.56. The van der Waals surface area contributed by atoms with E-state index in [1.165, 1.54) is 0 Å². The fraction of sp³-hybridized carbons (Fsp3) is 0.154. The van der Waals surface area contributed by atoms with Crippen molar-refractivity contribution >= 4 is 5.57 Å². The van der Waals surface area contributed by atoms with Gasteiger partial charge in [-0.15, -0.1) is 6.58 Å². The van der Waals surface area contributed by atoms with E-state index >= 15 is 0 Å². The Kier molecular flexibility index (Phi) is 3.69. The minimum Gasteiger partial charge on any atom is -0.193 e. The van der Waals surface area contributed by atoms with E-state index in [-0.39, 0.29) is 0 Å². The molecule has 0 bridgehead atoms. The molecule has 0 N–H and O–H groups in total. The minimum absolute atomic E-state index is 0.636. The molecule has 1 heteroatoms. The van der Waals surface area contributed by atoms with E-state index in [9.17, 15) is 0 Å². The average molecular weight is 183 g/mol. The zero-order chi connectivity index (χ0) is 10.4. The summed E-state index contributed by atoms with van der Waals surface area (Å²) in [5, 5.41) is 8.93. The molecule has 1 nitrogen and oxygen atoms in total. The minimum atomic E-state index is 0.636. The summed E-state index contributed by atoms with van der Waals surface area (Å²) in [6, 6.07) is 12.1. The first-order valence-corrected chi connectivity index (χ1v) is 4.55. The summed E-state index contributed by atoms with van der Waals surface area (Å²) in [4.78, 5) is 0. The van der Waals surface area contributed by atoms with Gasteiger partial charge in [0.1, 0.15) is 0 Å². The summed E-state index contributed by atoms with van der Waals surface area (Å²) >= 11 is 0. The van der Waals surface area contributed by atoms with E-state index in [0.29, 0.717) is 6.42 Å². The molecule has 0 aromatic heterocycles. The third kappa shape index (κ3) is 2.34. The second-order valence-corrected chi connectivity index (χ2v) is 3.07. The maximum atomic E-state index is 8.93. The van der Waals surface area contributed by atoms with Crippen molar-refractivity contribution in [3.8, 4) is 6.07 Å². The zero-order valence-electron chi connectivity index (χ0n) is 8.33. The van der Waals surface area contributed by atoms with Gasteiger partial charge in [-0.05, 0) is 18.1 Å². The molecule has 1 aromatic carbocycles. The highest BCUT2D eigenvalue weighted by molar-refractivity contribution is 5.70. The number of hydrogen-bond acceptors (Lipinski definition) is 1. The van der Waals surface area contributed by atoms with Gasteiger partial charge in [0.15, 0.2) is 0 Å². The number of allylic oxidation sites excluding steroid dienone is 3. The van der Waals surface area contributed by atoms with Crippen LogP contribution in [0.25, 0.3) is 5.57 Å². The Morgan fingerprint density at radius 3 is 2.57 bits per heavy atom. The smallest absolute Gasteiger partial charge is 0.0953 e. The number of hydrogen-bond donors (Lipinski definition) is 0. The van der Waals surface area contributed by atoms with Crippen LogP contribution in [0.3, 0.4) is 0 Å². The Labute approximate surface area is 85.0 Å². The van der Waals surface area contributed by atoms with Gasteiger partial charge in [-0.3, -0.25) is 0 Å². The molecule has 1 aromatic rings. The summed E-state index contributed by atoms with van der Waals surface area (Å²) < 4.78 is 0. The third-order valence-corrected chi connectivity index (χ3v) is 2.14. The van der Waals surface area contributed by atoms with Crippen LogP contribution in [0.2, 0.25) is 0 Å². The van der Waals surface area contributed by atoms with Gasteiger partial charge in [0.2, 0.25) is 0 Å². The summed E-state index contributed by atoms with van der Waals surface area (Å²) in [6.45, 7) is 5.61. The molecule has 0 atom stereocenters. The Hall–Kier alpha value is -1.81. The molecule has 0 aliphatic carbocycles. The Morgan fingerprint density at radius 2 is 2.07 bits per heavy atom. The van der Waals surface area contributed by atoms with E-state index in [1.54, 1.807) is 6.08 Å². The number of nitrogens with zero attached hydrogens (tertiary/aromatic N) is 1. The van der Waals surface area contributed by atoms with Gasteiger partial charge in [0.25, 0.3) is 0 Å². The van der Waals surface area contributed by atoms with E-state index < -0.39 is 0 Å². The molecule has 14 heavy (non-hydrogen) atoms. The molecule has 0 saturated heterocycles. The van der Waals surface area contributed by atoms with E-state index in [4.69, 9.17) is 5.26 Å². The maximum Gasteiger partial charge on any atom is 0.0953 e. The van der Waals surface area contributed by atoms with Crippen molar-refractivity contribution in [1.82, 2.24) is 0 Å².